The van der Waals surface area contributed by atoms with Crippen molar-refractivity contribution in [1.29, 1.82) is 0 Å². The largest absolute Gasteiger partial charge is 0.398 e. The van der Waals surface area contributed by atoms with Crippen LogP contribution in [-0.2, 0) is 14.6 Å². The zero-order chi connectivity index (χ0) is 12.3. The molecule has 0 unspecified atom stereocenters. The number of amides is 1. The van der Waals surface area contributed by atoms with Gasteiger partial charge in [0.2, 0.25) is 5.91 Å². The van der Waals surface area contributed by atoms with Crippen LogP contribution >= 0.6 is 0 Å². The van der Waals surface area contributed by atoms with Crippen molar-refractivity contribution in [2.24, 2.45) is 0 Å². The molecule has 0 aliphatic heterocycles. The number of carbonyl (C=O) groups is 1. The fraction of sp³-hybridized carbons (Fsp3) is 0.222. The van der Waals surface area contributed by atoms with Gasteiger partial charge in [-0.2, -0.15) is 0 Å². The summed E-state index contributed by atoms with van der Waals surface area (Å²) in [5.74, 6) is -1.99. The Balaban J connectivity index is 3.13. The summed E-state index contributed by atoms with van der Waals surface area (Å²) in [6.07, 6.45) is 0. The molecule has 16 heavy (non-hydrogen) atoms. The number of hydrogen-bond acceptors (Lipinski definition) is 4. The summed E-state index contributed by atoms with van der Waals surface area (Å²) in [7, 11) is -2.50. The van der Waals surface area contributed by atoms with E-state index in [0.717, 1.165) is 18.2 Å². The Morgan fingerprint density at radius 1 is 1.50 bits per heavy atom. The van der Waals surface area contributed by atoms with Crippen molar-refractivity contribution in [1.82, 2.24) is 5.32 Å². The molecule has 1 rings (SSSR count). The summed E-state index contributed by atoms with van der Waals surface area (Å²) in [4.78, 5) is 10.7. The molecular formula is C9H11FN2O3S. The van der Waals surface area contributed by atoms with Gasteiger partial charge in [0.15, 0.2) is 9.84 Å². The van der Waals surface area contributed by atoms with E-state index >= 15 is 0 Å². The Labute approximate surface area is 92.4 Å². The van der Waals surface area contributed by atoms with Crippen molar-refractivity contribution in [2.75, 3.05) is 18.5 Å². The standard InChI is InChI=1S/C9H11FN2O3S/c1-12-9(13)5-16(14,15)8-3-2-6(10)4-7(8)11/h2-4H,5,11H2,1H3,(H,12,13). The Morgan fingerprint density at radius 2 is 2.12 bits per heavy atom. The number of benzene rings is 1. The summed E-state index contributed by atoms with van der Waals surface area (Å²) in [6.45, 7) is 0. The normalized spacial score (nSPS) is 11.1. The van der Waals surface area contributed by atoms with E-state index in [1.807, 2.05) is 0 Å². The van der Waals surface area contributed by atoms with E-state index in [1.165, 1.54) is 7.05 Å². The van der Waals surface area contributed by atoms with E-state index < -0.39 is 27.3 Å². The number of nitrogen functional groups attached to an aromatic ring is 1. The number of nitrogens with two attached hydrogens (primary N) is 1. The maximum absolute atomic E-state index is 12.7. The van der Waals surface area contributed by atoms with E-state index in [9.17, 15) is 17.6 Å². The lowest BCUT2D eigenvalue weighted by Crippen LogP contribution is -2.27. The molecule has 0 radical (unpaired) electrons. The Morgan fingerprint density at radius 3 is 2.62 bits per heavy atom. The van der Waals surface area contributed by atoms with Crippen molar-refractivity contribution in [3.05, 3.63) is 24.0 Å². The topological polar surface area (TPSA) is 89.3 Å². The van der Waals surface area contributed by atoms with Crippen LogP contribution < -0.4 is 11.1 Å². The van der Waals surface area contributed by atoms with Crippen molar-refractivity contribution in [3.63, 3.8) is 0 Å². The summed E-state index contributed by atoms with van der Waals surface area (Å²) >= 11 is 0. The minimum atomic E-state index is -3.82. The van der Waals surface area contributed by atoms with E-state index in [1.54, 1.807) is 0 Å². The SMILES string of the molecule is CNC(=O)CS(=O)(=O)c1ccc(F)cc1N. The minimum Gasteiger partial charge on any atom is -0.398 e. The van der Waals surface area contributed by atoms with E-state index in [4.69, 9.17) is 5.73 Å². The molecular weight excluding hydrogens is 235 g/mol. The average Bonchev–Trinajstić information content (AvgIpc) is 2.16. The first-order valence-electron chi connectivity index (χ1n) is 4.35. The van der Waals surface area contributed by atoms with Gasteiger partial charge in [-0.25, -0.2) is 12.8 Å². The van der Waals surface area contributed by atoms with Crippen LogP contribution in [0.25, 0.3) is 0 Å². The molecule has 0 spiro atoms. The Bertz CT molecular complexity index is 513. The second kappa shape index (κ2) is 4.48. The van der Waals surface area contributed by atoms with Gasteiger partial charge in [-0.05, 0) is 18.2 Å². The van der Waals surface area contributed by atoms with Crippen LogP contribution in [0.1, 0.15) is 0 Å². The van der Waals surface area contributed by atoms with Gasteiger partial charge >= 0.3 is 0 Å². The van der Waals surface area contributed by atoms with Crippen LogP contribution in [0, 0.1) is 5.82 Å². The van der Waals surface area contributed by atoms with Gasteiger partial charge in [0.1, 0.15) is 11.6 Å². The molecule has 3 N–H and O–H groups in total. The van der Waals surface area contributed by atoms with E-state index in [2.05, 4.69) is 5.32 Å². The molecule has 0 aromatic heterocycles. The molecule has 0 atom stereocenters. The van der Waals surface area contributed by atoms with Crippen molar-refractivity contribution >= 4 is 21.4 Å². The highest BCUT2D eigenvalue weighted by atomic mass is 32.2. The van der Waals surface area contributed by atoms with Gasteiger partial charge in [-0.1, -0.05) is 0 Å². The predicted octanol–water partition coefficient (Wildman–Crippen LogP) is -0.0724. The first-order valence-corrected chi connectivity index (χ1v) is 6.00. The molecule has 0 bridgehead atoms. The summed E-state index contributed by atoms with van der Waals surface area (Å²) in [6, 6.07) is 2.92. The van der Waals surface area contributed by atoms with Crippen molar-refractivity contribution in [2.45, 2.75) is 4.90 Å². The second-order valence-corrected chi connectivity index (χ2v) is 5.07. The van der Waals surface area contributed by atoms with Gasteiger partial charge < -0.3 is 11.1 Å². The van der Waals surface area contributed by atoms with Gasteiger partial charge in [0.25, 0.3) is 0 Å². The predicted molar refractivity (Wildman–Crippen MR) is 56.9 cm³/mol. The first kappa shape index (κ1) is 12.4. The molecule has 5 nitrogen and oxygen atoms in total. The second-order valence-electron chi connectivity index (χ2n) is 3.11. The summed E-state index contributed by atoms with van der Waals surface area (Å²) in [5, 5.41) is 2.19. The summed E-state index contributed by atoms with van der Waals surface area (Å²) < 4.78 is 36.1. The highest BCUT2D eigenvalue weighted by molar-refractivity contribution is 7.92. The number of hydrogen-bond donors (Lipinski definition) is 2. The molecule has 0 saturated carbocycles. The summed E-state index contributed by atoms with van der Waals surface area (Å²) in [5.41, 5.74) is 5.17. The number of halogens is 1. The lowest BCUT2D eigenvalue weighted by Gasteiger charge is -2.06. The Kier molecular flexibility index (Phi) is 3.48. The van der Waals surface area contributed by atoms with E-state index in [0.29, 0.717) is 0 Å². The van der Waals surface area contributed by atoms with Gasteiger partial charge in [0.05, 0.1) is 10.6 Å². The number of carbonyl (C=O) groups excluding carboxylic acids is 1. The molecule has 0 aliphatic carbocycles. The highest BCUT2D eigenvalue weighted by Crippen LogP contribution is 2.20. The maximum atomic E-state index is 12.7. The molecule has 88 valence electrons. The van der Waals surface area contributed by atoms with Crippen molar-refractivity contribution < 1.29 is 17.6 Å². The van der Waals surface area contributed by atoms with E-state index in [-0.39, 0.29) is 10.6 Å². The van der Waals surface area contributed by atoms with Crippen molar-refractivity contribution in [3.8, 4) is 0 Å². The highest BCUT2D eigenvalue weighted by Gasteiger charge is 2.21. The number of sulfone groups is 1. The van der Waals surface area contributed by atoms with Crippen LogP contribution in [0.5, 0.6) is 0 Å². The van der Waals surface area contributed by atoms with Crippen LogP contribution in [0.2, 0.25) is 0 Å². The minimum absolute atomic E-state index is 0.205. The zero-order valence-electron chi connectivity index (χ0n) is 8.53. The molecule has 7 heteroatoms. The smallest absolute Gasteiger partial charge is 0.235 e. The van der Waals surface area contributed by atoms with Gasteiger partial charge in [-0.15, -0.1) is 0 Å². The van der Waals surface area contributed by atoms with Crippen LogP contribution in [-0.4, -0.2) is 27.1 Å². The third-order valence-corrected chi connectivity index (χ3v) is 3.59. The number of nitrogens with one attached hydrogen (secondary N) is 1. The zero-order valence-corrected chi connectivity index (χ0v) is 9.34. The average molecular weight is 246 g/mol. The fourth-order valence-corrected chi connectivity index (χ4v) is 2.46. The molecule has 1 amide bonds. The maximum Gasteiger partial charge on any atom is 0.235 e. The number of rotatable bonds is 3. The molecule has 0 fully saturated rings. The molecule has 0 heterocycles. The molecule has 0 aliphatic rings. The third-order valence-electron chi connectivity index (χ3n) is 1.91. The fourth-order valence-electron chi connectivity index (χ4n) is 1.13. The van der Waals surface area contributed by atoms with Crippen LogP contribution in [0.4, 0.5) is 10.1 Å². The van der Waals surface area contributed by atoms with Crippen LogP contribution in [0.15, 0.2) is 23.1 Å². The monoisotopic (exact) mass is 246 g/mol. The molecule has 1 aromatic rings. The number of anilines is 1. The quantitative estimate of drug-likeness (QED) is 0.577. The first-order chi connectivity index (χ1) is 7.36. The van der Waals surface area contributed by atoms with Gasteiger partial charge in [0, 0.05) is 7.05 Å². The third kappa shape index (κ3) is 2.69. The molecule has 1 aromatic carbocycles. The van der Waals surface area contributed by atoms with Gasteiger partial charge in [-0.3, -0.25) is 4.79 Å². The van der Waals surface area contributed by atoms with Crippen LogP contribution in [0.3, 0.4) is 0 Å². The molecule has 0 saturated heterocycles. The lowest BCUT2D eigenvalue weighted by atomic mass is 10.3. The Hall–Kier alpha value is -1.63. The lowest BCUT2D eigenvalue weighted by molar-refractivity contribution is -0.118.